The fourth-order valence-corrected chi connectivity index (χ4v) is 4.83. The number of nitrogens with zero attached hydrogens (tertiary/aromatic N) is 3. The Hall–Kier alpha value is -3.13. The molecule has 3 aliphatic rings. The fraction of sp³-hybridized carbons (Fsp3) is 0.348. The van der Waals surface area contributed by atoms with E-state index in [0.29, 0.717) is 28.4 Å². The van der Waals surface area contributed by atoms with Crippen molar-refractivity contribution in [2.24, 2.45) is 16.1 Å². The van der Waals surface area contributed by atoms with Crippen LogP contribution in [0.1, 0.15) is 31.2 Å². The van der Waals surface area contributed by atoms with Crippen molar-refractivity contribution >= 4 is 35.2 Å². The number of aromatic nitrogens is 1. The number of rotatable bonds is 3. The Morgan fingerprint density at radius 3 is 2.69 bits per heavy atom. The van der Waals surface area contributed by atoms with E-state index in [0.717, 1.165) is 42.3 Å². The molecule has 32 heavy (non-hydrogen) atoms. The summed E-state index contributed by atoms with van der Waals surface area (Å²) in [5.41, 5.74) is 2.30. The molecule has 0 unspecified atom stereocenters. The predicted molar refractivity (Wildman–Crippen MR) is 119 cm³/mol. The Kier molecular flexibility index (Phi) is 5.46. The average molecular weight is 457 g/mol. The van der Waals surface area contributed by atoms with Gasteiger partial charge in [-0.15, -0.1) is 0 Å². The molecule has 7 nitrogen and oxygen atoms in total. The molecule has 1 aromatic carbocycles. The van der Waals surface area contributed by atoms with Crippen molar-refractivity contribution in [1.82, 2.24) is 4.98 Å². The molecule has 2 aromatic rings. The van der Waals surface area contributed by atoms with Crippen LogP contribution in [0.15, 0.2) is 45.6 Å². The van der Waals surface area contributed by atoms with E-state index in [1.165, 1.54) is 17.0 Å². The van der Waals surface area contributed by atoms with Crippen molar-refractivity contribution in [3.8, 4) is 5.75 Å². The number of aromatic amines is 1. The van der Waals surface area contributed by atoms with Gasteiger partial charge in [0.15, 0.2) is 0 Å². The molecule has 0 radical (unpaired) electrons. The number of nitrogens with one attached hydrogen (secondary N) is 1. The monoisotopic (exact) mass is 456 g/mol. The van der Waals surface area contributed by atoms with Crippen LogP contribution in [0.25, 0.3) is 11.8 Å². The molecule has 1 aromatic heterocycles. The van der Waals surface area contributed by atoms with Gasteiger partial charge in [-0.05, 0) is 62.1 Å². The van der Waals surface area contributed by atoms with Crippen LogP contribution < -0.4 is 20.3 Å². The highest BCUT2D eigenvalue weighted by atomic mass is 35.5. The molecule has 0 spiro atoms. The lowest BCUT2D eigenvalue weighted by molar-refractivity contribution is 0.142. The average Bonchev–Trinajstić information content (AvgIpc) is 3.04. The predicted octanol–water partition coefficient (Wildman–Crippen LogP) is 4.27. The van der Waals surface area contributed by atoms with E-state index in [2.05, 4.69) is 15.2 Å². The number of hydrogen-bond donors (Lipinski definition) is 2. The van der Waals surface area contributed by atoms with E-state index in [1.807, 2.05) is 0 Å². The van der Waals surface area contributed by atoms with Gasteiger partial charge in [0.1, 0.15) is 11.6 Å². The second-order valence-electron chi connectivity index (χ2n) is 8.20. The fourth-order valence-electron chi connectivity index (χ4n) is 4.65. The molecule has 2 N–H and O–H groups in total. The summed E-state index contributed by atoms with van der Waals surface area (Å²) < 4.78 is 19.1. The highest BCUT2D eigenvalue weighted by Gasteiger charge is 2.30. The molecule has 1 saturated carbocycles. The van der Waals surface area contributed by atoms with Crippen LogP contribution in [0.5, 0.6) is 5.75 Å². The summed E-state index contributed by atoms with van der Waals surface area (Å²) in [6.45, 7) is 0.503. The first-order valence-corrected chi connectivity index (χ1v) is 11.0. The van der Waals surface area contributed by atoms with Crippen LogP contribution in [0, 0.1) is 11.7 Å². The number of azo groups is 1. The molecule has 5 rings (SSSR count). The number of fused-ring (bicyclic) bond motifs is 3. The highest BCUT2D eigenvalue weighted by Crippen LogP contribution is 2.34. The molecule has 1 amide bonds. The molecule has 0 atom stereocenters. The van der Waals surface area contributed by atoms with Gasteiger partial charge in [-0.1, -0.05) is 11.6 Å². The van der Waals surface area contributed by atoms with Gasteiger partial charge in [-0.3, -0.25) is 4.90 Å². The first-order chi connectivity index (χ1) is 15.5. The van der Waals surface area contributed by atoms with Gasteiger partial charge in [0.25, 0.3) is 0 Å². The zero-order chi connectivity index (χ0) is 22.2. The Morgan fingerprint density at radius 1 is 1.22 bits per heavy atom. The maximum absolute atomic E-state index is 13.1. The van der Waals surface area contributed by atoms with Gasteiger partial charge in [0.05, 0.1) is 34.7 Å². The molecule has 1 fully saturated rings. The SMILES string of the molecule is O=C(O)N1CC=C(Cl)C=c2[nH]c3c(c21)CN=NC=3[C@H]1CC[C@H](Oc2ccc(F)cc2)CC1. The zero-order valence-electron chi connectivity index (χ0n) is 17.2. The van der Waals surface area contributed by atoms with Gasteiger partial charge in [0.2, 0.25) is 0 Å². The molecule has 166 valence electrons. The summed E-state index contributed by atoms with van der Waals surface area (Å²) in [5, 5.41) is 20.5. The Bertz CT molecular complexity index is 1230. The number of carbonyl (C=O) groups is 1. The van der Waals surface area contributed by atoms with Crippen LogP contribution in [0.3, 0.4) is 0 Å². The Balaban J connectivity index is 1.42. The van der Waals surface area contributed by atoms with Gasteiger partial charge >= 0.3 is 6.09 Å². The van der Waals surface area contributed by atoms with E-state index in [-0.39, 0.29) is 24.4 Å². The standard InChI is InChI=1S/C23H22ClFN4O3/c24-14-9-10-29(23(30)31)22-18-12-26-28-20(21(18)27-19(22)11-14)13-1-5-16(6-2-13)32-17-7-3-15(25)4-8-17/h3-4,7-9,11,13,16,27H,1-2,5-6,10,12H2,(H,30,31)/t13-,16-. The first-order valence-electron chi connectivity index (χ1n) is 10.6. The van der Waals surface area contributed by atoms with E-state index >= 15 is 0 Å². The molecule has 3 heterocycles. The lowest BCUT2D eigenvalue weighted by atomic mass is 9.84. The smallest absolute Gasteiger partial charge is 0.412 e. The Morgan fingerprint density at radius 2 is 1.97 bits per heavy atom. The van der Waals surface area contributed by atoms with Crippen LogP contribution in [-0.4, -0.2) is 28.8 Å². The third-order valence-electron chi connectivity index (χ3n) is 6.20. The number of halogens is 2. The quantitative estimate of drug-likeness (QED) is 0.722. The zero-order valence-corrected chi connectivity index (χ0v) is 18.0. The van der Waals surface area contributed by atoms with E-state index < -0.39 is 6.09 Å². The Labute approximate surface area is 188 Å². The summed E-state index contributed by atoms with van der Waals surface area (Å²) in [5.74, 6) is 0.581. The van der Waals surface area contributed by atoms with Crippen molar-refractivity contribution in [2.75, 3.05) is 11.4 Å². The maximum atomic E-state index is 13.1. The van der Waals surface area contributed by atoms with Crippen LogP contribution in [0.2, 0.25) is 0 Å². The van der Waals surface area contributed by atoms with Crippen molar-refractivity contribution in [3.05, 3.63) is 57.5 Å². The second-order valence-corrected chi connectivity index (χ2v) is 8.63. The van der Waals surface area contributed by atoms with Crippen LogP contribution in [-0.2, 0) is 6.54 Å². The molecular formula is C23H22ClFN4O3. The topological polar surface area (TPSA) is 90.3 Å². The third kappa shape index (κ3) is 3.90. The number of benzene rings is 1. The van der Waals surface area contributed by atoms with Gasteiger partial charge < -0.3 is 14.8 Å². The van der Waals surface area contributed by atoms with E-state index in [4.69, 9.17) is 16.3 Å². The number of H-pyrrole nitrogens is 1. The third-order valence-corrected chi connectivity index (χ3v) is 6.46. The molecular weight excluding hydrogens is 435 g/mol. The molecule has 1 aliphatic carbocycles. The first kappa shape index (κ1) is 20.8. The minimum Gasteiger partial charge on any atom is -0.490 e. The van der Waals surface area contributed by atoms with Crippen molar-refractivity contribution in [3.63, 3.8) is 0 Å². The summed E-state index contributed by atoms with van der Waals surface area (Å²) in [7, 11) is 0. The van der Waals surface area contributed by atoms with E-state index in [9.17, 15) is 14.3 Å². The van der Waals surface area contributed by atoms with Crippen molar-refractivity contribution in [1.29, 1.82) is 0 Å². The molecule has 2 aliphatic heterocycles. The number of allylic oxidation sites excluding steroid dienone is 1. The van der Waals surface area contributed by atoms with Crippen LogP contribution in [0.4, 0.5) is 14.9 Å². The second kappa shape index (κ2) is 8.43. The largest absolute Gasteiger partial charge is 0.490 e. The summed E-state index contributed by atoms with van der Waals surface area (Å²) in [4.78, 5) is 16.5. The summed E-state index contributed by atoms with van der Waals surface area (Å²) >= 11 is 6.24. The lowest BCUT2D eigenvalue weighted by Gasteiger charge is -2.29. The highest BCUT2D eigenvalue weighted by molar-refractivity contribution is 6.34. The van der Waals surface area contributed by atoms with Gasteiger partial charge in [-0.25, -0.2) is 9.18 Å². The minimum absolute atomic E-state index is 0.0671. The van der Waals surface area contributed by atoms with Gasteiger partial charge in [-0.2, -0.15) is 10.2 Å². The number of hydrogen-bond acceptors (Lipinski definition) is 4. The normalized spacial score (nSPS) is 22.4. The molecule has 9 heteroatoms. The molecule has 0 saturated heterocycles. The number of ether oxygens (including phenoxy) is 1. The minimum atomic E-state index is -1.04. The molecule has 0 bridgehead atoms. The van der Waals surface area contributed by atoms with Crippen molar-refractivity contribution < 1.29 is 19.0 Å². The summed E-state index contributed by atoms with van der Waals surface area (Å²) in [6, 6.07) is 6.09. The number of amides is 1. The lowest BCUT2D eigenvalue weighted by Crippen LogP contribution is -2.33. The van der Waals surface area contributed by atoms with E-state index in [1.54, 1.807) is 24.3 Å². The number of anilines is 1. The van der Waals surface area contributed by atoms with Crippen molar-refractivity contribution in [2.45, 2.75) is 38.3 Å². The maximum Gasteiger partial charge on any atom is 0.412 e. The van der Waals surface area contributed by atoms with Gasteiger partial charge in [0, 0.05) is 23.1 Å². The van der Waals surface area contributed by atoms with Crippen LogP contribution >= 0.6 is 11.6 Å². The number of carboxylic acid groups (broad SMARTS) is 1. The summed E-state index contributed by atoms with van der Waals surface area (Å²) in [6.07, 6.45) is 5.89.